The lowest BCUT2D eigenvalue weighted by Gasteiger charge is -2.41. The Labute approximate surface area is 114 Å². The van der Waals surface area contributed by atoms with Crippen molar-refractivity contribution in [1.29, 1.82) is 0 Å². The molecule has 1 heterocycles. The first-order valence-electron chi connectivity index (χ1n) is 7.35. The fourth-order valence-electron chi connectivity index (χ4n) is 2.91. The van der Waals surface area contributed by atoms with Crippen molar-refractivity contribution in [3.8, 4) is 0 Å². The maximum absolute atomic E-state index is 3.73. The lowest BCUT2D eigenvalue weighted by molar-refractivity contribution is 0.105. The summed E-state index contributed by atoms with van der Waals surface area (Å²) in [6.45, 7) is 14.0. The number of rotatable bonds is 6. The Morgan fingerprint density at radius 2 is 1.61 bits per heavy atom. The normalized spacial score (nSPS) is 20.3. The molecule has 3 nitrogen and oxygen atoms in total. The Morgan fingerprint density at radius 3 is 2.11 bits per heavy atom. The molecule has 0 aliphatic carbocycles. The molecule has 0 radical (unpaired) electrons. The maximum Gasteiger partial charge on any atom is 0.0249 e. The highest BCUT2D eigenvalue weighted by molar-refractivity contribution is 4.88. The van der Waals surface area contributed by atoms with Gasteiger partial charge in [0.05, 0.1) is 0 Å². The minimum absolute atomic E-state index is 0.178. The molecule has 3 heteroatoms. The second-order valence-corrected chi connectivity index (χ2v) is 7.33. The topological polar surface area (TPSA) is 27.3 Å². The standard InChI is InChI=1S/C15H33N3/c1-14(2,11-17-15(3,4)12-16-5)13-7-9-18(6)10-8-13/h13,16-17H,7-12H2,1-6H3. The highest BCUT2D eigenvalue weighted by Gasteiger charge is 2.32. The fraction of sp³-hybridized carbons (Fsp3) is 1.00. The summed E-state index contributed by atoms with van der Waals surface area (Å²) in [5.41, 5.74) is 0.573. The van der Waals surface area contributed by atoms with Crippen molar-refractivity contribution in [1.82, 2.24) is 15.5 Å². The SMILES string of the molecule is CNCC(C)(C)NCC(C)(C)C1CCN(C)CC1. The van der Waals surface area contributed by atoms with E-state index in [1.54, 1.807) is 0 Å². The molecule has 1 fully saturated rings. The Morgan fingerprint density at radius 1 is 1.06 bits per heavy atom. The minimum atomic E-state index is 0.178. The summed E-state index contributed by atoms with van der Waals surface area (Å²) in [6, 6.07) is 0. The number of nitrogens with one attached hydrogen (secondary N) is 2. The van der Waals surface area contributed by atoms with Crippen LogP contribution >= 0.6 is 0 Å². The largest absolute Gasteiger partial charge is 0.318 e. The van der Waals surface area contributed by atoms with Crippen molar-refractivity contribution in [2.24, 2.45) is 11.3 Å². The van der Waals surface area contributed by atoms with Gasteiger partial charge in [-0.3, -0.25) is 0 Å². The molecule has 0 aromatic rings. The van der Waals surface area contributed by atoms with Crippen LogP contribution in [-0.4, -0.2) is 50.7 Å². The molecule has 1 rings (SSSR count). The second-order valence-electron chi connectivity index (χ2n) is 7.33. The number of nitrogens with zero attached hydrogens (tertiary/aromatic N) is 1. The molecular formula is C15H33N3. The molecule has 108 valence electrons. The number of likely N-dealkylation sites (N-methyl/N-ethyl adjacent to an activating group) is 1. The van der Waals surface area contributed by atoms with E-state index in [2.05, 4.69) is 50.3 Å². The van der Waals surface area contributed by atoms with Gasteiger partial charge in [0.15, 0.2) is 0 Å². The average molecular weight is 255 g/mol. The molecule has 0 aromatic heterocycles. The molecule has 18 heavy (non-hydrogen) atoms. The zero-order valence-corrected chi connectivity index (χ0v) is 13.3. The molecule has 0 bridgehead atoms. The Balaban J connectivity index is 2.44. The van der Waals surface area contributed by atoms with Crippen molar-refractivity contribution >= 4 is 0 Å². The third-order valence-electron chi connectivity index (χ3n) is 4.47. The highest BCUT2D eigenvalue weighted by atomic mass is 15.1. The average Bonchev–Trinajstić information content (AvgIpc) is 2.27. The summed E-state index contributed by atoms with van der Waals surface area (Å²) in [6.07, 6.45) is 2.69. The summed E-state index contributed by atoms with van der Waals surface area (Å²) in [7, 11) is 4.25. The van der Waals surface area contributed by atoms with Gasteiger partial charge in [0.1, 0.15) is 0 Å². The predicted molar refractivity (Wildman–Crippen MR) is 80.0 cm³/mol. The molecule has 0 amide bonds. The molecular weight excluding hydrogens is 222 g/mol. The van der Waals surface area contributed by atoms with E-state index in [4.69, 9.17) is 0 Å². The first kappa shape index (κ1) is 15.9. The minimum Gasteiger partial charge on any atom is -0.318 e. The van der Waals surface area contributed by atoms with Crippen LogP contribution < -0.4 is 10.6 Å². The summed E-state index contributed by atoms with van der Waals surface area (Å²) in [5, 5.41) is 6.99. The number of hydrogen-bond acceptors (Lipinski definition) is 3. The monoisotopic (exact) mass is 255 g/mol. The van der Waals surface area contributed by atoms with Gasteiger partial charge in [-0.15, -0.1) is 0 Å². The zero-order chi connectivity index (χ0) is 13.8. The van der Waals surface area contributed by atoms with Crippen LogP contribution in [0.3, 0.4) is 0 Å². The van der Waals surface area contributed by atoms with Gasteiger partial charge in [0.2, 0.25) is 0 Å². The van der Waals surface area contributed by atoms with Crippen LogP contribution in [0, 0.1) is 11.3 Å². The first-order chi connectivity index (χ1) is 8.27. The van der Waals surface area contributed by atoms with Crippen LogP contribution in [0.5, 0.6) is 0 Å². The Hall–Kier alpha value is -0.120. The number of likely N-dealkylation sites (tertiary alicyclic amines) is 1. The van der Waals surface area contributed by atoms with Crippen molar-refractivity contribution < 1.29 is 0 Å². The molecule has 2 N–H and O–H groups in total. The fourth-order valence-corrected chi connectivity index (χ4v) is 2.91. The third kappa shape index (κ3) is 4.87. The first-order valence-corrected chi connectivity index (χ1v) is 7.35. The van der Waals surface area contributed by atoms with Crippen molar-refractivity contribution in [3.05, 3.63) is 0 Å². The van der Waals surface area contributed by atoms with Gasteiger partial charge in [-0.2, -0.15) is 0 Å². The van der Waals surface area contributed by atoms with Gasteiger partial charge in [-0.1, -0.05) is 13.8 Å². The summed E-state index contributed by atoms with van der Waals surface area (Å²) in [4.78, 5) is 2.45. The van der Waals surface area contributed by atoms with Crippen LogP contribution in [0.25, 0.3) is 0 Å². The van der Waals surface area contributed by atoms with E-state index in [1.807, 2.05) is 7.05 Å². The van der Waals surface area contributed by atoms with Crippen molar-refractivity contribution in [2.45, 2.75) is 46.1 Å². The van der Waals surface area contributed by atoms with Crippen LogP contribution in [0.1, 0.15) is 40.5 Å². The quantitative estimate of drug-likeness (QED) is 0.759. The van der Waals surface area contributed by atoms with Gasteiger partial charge >= 0.3 is 0 Å². The Bertz CT molecular complexity index is 240. The van der Waals surface area contributed by atoms with E-state index < -0.39 is 0 Å². The van der Waals surface area contributed by atoms with Crippen molar-refractivity contribution in [2.75, 3.05) is 40.3 Å². The van der Waals surface area contributed by atoms with Crippen LogP contribution in [-0.2, 0) is 0 Å². The predicted octanol–water partition coefficient (Wildman–Crippen LogP) is 1.94. The van der Waals surface area contributed by atoms with Gasteiger partial charge in [0, 0.05) is 18.6 Å². The molecule has 0 aromatic carbocycles. The van der Waals surface area contributed by atoms with Crippen LogP contribution in [0.4, 0.5) is 0 Å². The van der Waals surface area contributed by atoms with E-state index in [1.165, 1.54) is 25.9 Å². The lowest BCUT2D eigenvalue weighted by atomic mass is 9.73. The van der Waals surface area contributed by atoms with Gasteiger partial charge in [0.25, 0.3) is 0 Å². The van der Waals surface area contributed by atoms with Crippen LogP contribution in [0.2, 0.25) is 0 Å². The van der Waals surface area contributed by atoms with Gasteiger partial charge < -0.3 is 15.5 Å². The third-order valence-corrected chi connectivity index (χ3v) is 4.47. The summed E-state index contributed by atoms with van der Waals surface area (Å²) < 4.78 is 0. The zero-order valence-electron chi connectivity index (χ0n) is 13.3. The van der Waals surface area contributed by atoms with E-state index >= 15 is 0 Å². The summed E-state index contributed by atoms with van der Waals surface area (Å²) >= 11 is 0. The molecule has 0 unspecified atom stereocenters. The van der Waals surface area contributed by atoms with E-state index in [0.29, 0.717) is 5.41 Å². The van der Waals surface area contributed by atoms with E-state index in [9.17, 15) is 0 Å². The molecule has 0 atom stereocenters. The maximum atomic E-state index is 3.73. The molecule has 1 saturated heterocycles. The van der Waals surface area contributed by atoms with Gasteiger partial charge in [-0.05, 0) is 65.2 Å². The number of piperidine rings is 1. The highest BCUT2D eigenvalue weighted by Crippen LogP contribution is 2.34. The van der Waals surface area contributed by atoms with E-state index in [0.717, 1.165) is 19.0 Å². The smallest absolute Gasteiger partial charge is 0.0249 e. The molecule has 1 aliphatic rings. The Kier molecular flexibility index (Phi) is 5.63. The second kappa shape index (κ2) is 6.36. The lowest BCUT2D eigenvalue weighted by Crippen LogP contribution is -2.52. The van der Waals surface area contributed by atoms with Crippen LogP contribution in [0.15, 0.2) is 0 Å². The molecule has 1 aliphatic heterocycles. The summed E-state index contributed by atoms with van der Waals surface area (Å²) in [5.74, 6) is 0.853. The molecule has 0 saturated carbocycles. The van der Waals surface area contributed by atoms with E-state index in [-0.39, 0.29) is 5.54 Å². The van der Waals surface area contributed by atoms with Crippen molar-refractivity contribution in [3.63, 3.8) is 0 Å². The van der Waals surface area contributed by atoms with Gasteiger partial charge in [-0.25, -0.2) is 0 Å². The number of hydrogen-bond donors (Lipinski definition) is 2. The molecule has 0 spiro atoms.